The molecule has 1 amide bonds. The van der Waals surface area contributed by atoms with Crippen LogP contribution in [0, 0.1) is 6.92 Å². The molecular weight excluding hydrogens is 468 g/mol. The summed E-state index contributed by atoms with van der Waals surface area (Å²) in [6, 6.07) is 30.1. The molecule has 1 N–H and O–H groups in total. The molecule has 6 rings (SSSR count). The number of para-hydroxylation sites is 2. The lowest BCUT2D eigenvalue weighted by Crippen LogP contribution is -2.12. The van der Waals surface area contributed by atoms with E-state index in [1.54, 1.807) is 41.7 Å². The van der Waals surface area contributed by atoms with Crippen molar-refractivity contribution >= 4 is 44.1 Å². The van der Waals surface area contributed by atoms with Crippen LogP contribution in [0.4, 0.5) is 5.69 Å². The second-order valence-electron chi connectivity index (χ2n) is 8.53. The Bertz CT molecular complexity index is 1780. The first-order chi connectivity index (χ1) is 17.5. The minimum Gasteiger partial charge on any atom is -0.422 e. The third-order valence-electron chi connectivity index (χ3n) is 6.11. The van der Waals surface area contributed by atoms with E-state index in [0.717, 1.165) is 37.4 Å². The number of carbonyl (C=O) groups is 1. The zero-order valence-electron chi connectivity index (χ0n) is 19.3. The van der Waals surface area contributed by atoms with Crippen LogP contribution in [0.25, 0.3) is 42.9 Å². The number of hydrogen-bond acceptors (Lipinski definition) is 5. The molecule has 0 unspecified atom stereocenters. The van der Waals surface area contributed by atoms with E-state index in [1.807, 2.05) is 67.6 Å². The minimum atomic E-state index is -0.408. The van der Waals surface area contributed by atoms with Gasteiger partial charge in [-0.05, 0) is 72.6 Å². The summed E-state index contributed by atoms with van der Waals surface area (Å²) in [5.74, 6) is -0.220. The van der Waals surface area contributed by atoms with Crippen molar-refractivity contribution < 1.29 is 9.21 Å². The van der Waals surface area contributed by atoms with Crippen LogP contribution in [0.2, 0.25) is 0 Å². The fraction of sp³-hybridized carbons (Fsp3) is 0.0333. The van der Waals surface area contributed by atoms with Crippen molar-refractivity contribution in [1.82, 2.24) is 4.98 Å². The van der Waals surface area contributed by atoms with Crippen LogP contribution in [-0.4, -0.2) is 10.9 Å². The monoisotopic (exact) mass is 488 g/mol. The molecule has 36 heavy (non-hydrogen) atoms. The maximum Gasteiger partial charge on any atom is 0.344 e. The molecule has 6 heteroatoms. The molecule has 5 nitrogen and oxygen atoms in total. The Labute approximate surface area is 210 Å². The molecular formula is C30H20N2O3S. The molecule has 0 fully saturated rings. The van der Waals surface area contributed by atoms with Crippen LogP contribution in [0.1, 0.15) is 15.9 Å². The first-order valence-corrected chi connectivity index (χ1v) is 12.3. The van der Waals surface area contributed by atoms with Crippen molar-refractivity contribution in [2.45, 2.75) is 6.92 Å². The lowest BCUT2D eigenvalue weighted by atomic mass is 10.0. The van der Waals surface area contributed by atoms with Gasteiger partial charge < -0.3 is 9.73 Å². The van der Waals surface area contributed by atoms with Crippen LogP contribution >= 0.6 is 11.3 Å². The van der Waals surface area contributed by atoms with Gasteiger partial charge in [0.05, 0.1) is 15.8 Å². The van der Waals surface area contributed by atoms with Gasteiger partial charge in [0.2, 0.25) is 0 Å². The maximum atomic E-state index is 12.9. The Hall–Kier alpha value is -4.55. The lowest BCUT2D eigenvalue weighted by molar-refractivity contribution is 0.102. The molecule has 6 aromatic rings. The summed E-state index contributed by atoms with van der Waals surface area (Å²) in [6.07, 6.45) is 0. The highest BCUT2D eigenvalue weighted by molar-refractivity contribution is 7.21. The smallest absolute Gasteiger partial charge is 0.344 e. The van der Waals surface area contributed by atoms with Gasteiger partial charge in [-0.25, -0.2) is 9.78 Å². The van der Waals surface area contributed by atoms with Gasteiger partial charge in [-0.1, -0.05) is 42.5 Å². The zero-order chi connectivity index (χ0) is 24.6. The molecule has 0 saturated carbocycles. The van der Waals surface area contributed by atoms with Crippen molar-refractivity contribution in [3.63, 3.8) is 0 Å². The average molecular weight is 489 g/mol. The number of amides is 1. The number of hydrogen-bond donors (Lipinski definition) is 1. The summed E-state index contributed by atoms with van der Waals surface area (Å²) in [4.78, 5) is 30.1. The molecule has 2 heterocycles. The molecule has 4 aromatic carbocycles. The van der Waals surface area contributed by atoms with Gasteiger partial charge in [0.15, 0.2) is 0 Å². The van der Waals surface area contributed by atoms with Crippen molar-refractivity contribution in [3.05, 3.63) is 119 Å². The molecule has 0 spiro atoms. The summed E-state index contributed by atoms with van der Waals surface area (Å²) in [7, 11) is 0. The van der Waals surface area contributed by atoms with Crippen molar-refractivity contribution in [2.24, 2.45) is 0 Å². The largest absolute Gasteiger partial charge is 0.422 e. The standard InChI is InChI=1S/C30H20N2O3S/c1-18-16-22(29-32-25-7-3-5-9-27(25)36-29)14-15-24(18)31-28(33)20-12-10-19(11-13-20)23-17-21-6-2-4-8-26(21)35-30(23)34/h2-17H,1H3,(H,31,33). The fourth-order valence-electron chi connectivity index (χ4n) is 4.19. The summed E-state index contributed by atoms with van der Waals surface area (Å²) in [5, 5.41) is 4.79. The lowest BCUT2D eigenvalue weighted by Gasteiger charge is -2.10. The summed E-state index contributed by atoms with van der Waals surface area (Å²) >= 11 is 1.65. The number of aromatic nitrogens is 1. The Morgan fingerprint density at radius 1 is 0.861 bits per heavy atom. The predicted octanol–water partition coefficient (Wildman–Crippen LogP) is 7.30. The van der Waals surface area contributed by atoms with Gasteiger partial charge >= 0.3 is 5.63 Å². The third kappa shape index (κ3) is 4.08. The van der Waals surface area contributed by atoms with Gasteiger partial charge in [0, 0.05) is 22.2 Å². The van der Waals surface area contributed by atoms with Crippen LogP contribution in [-0.2, 0) is 0 Å². The first-order valence-electron chi connectivity index (χ1n) is 11.5. The summed E-state index contributed by atoms with van der Waals surface area (Å²) in [6.45, 7) is 1.97. The van der Waals surface area contributed by atoms with E-state index in [9.17, 15) is 9.59 Å². The second-order valence-corrected chi connectivity index (χ2v) is 9.56. The van der Waals surface area contributed by atoms with E-state index in [-0.39, 0.29) is 5.91 Å². The van der Waals surface area contributed by atoms with Crippen LogP contribution < -0.4 is 10.9 Å². The highest BCUT2D eigenvalue weighted by Crippen LogP contribution is 2.32. The van der Waals surface area contributed by atoms with E-state index >= 15 is 0 Å². The van der Waals surface area contributed by atoms with Crippen molar-refractivity contribution in [3.8, 4) is 21.7 Å². The number of rotatable bonds is 4. The van der Waals surface area contributed by atoms with Crippen LogP contribution in [0.15, 0.2) is 106 Å². The number of benzene rings is 4. The quantitative estimate of drug-likeness (QED) is 0.264. The van der Waals surface area contributed by atoms with Crippen LogP contribution in [0.3, 0.4) is 0 Å². The molecule has 0 bridgehead atoms. The van der Waals surface area contributed by atoms with E-state index in [2.05, 4.69) is 11.4 Å². The SMILES string of the molecule is Cc1cc(-c2nc3ccccc3s2)ccc1NC(=O)c1ccc(-c2cc3ccccc3oc2=O)cc1. The van der Waals surface area contributed by atoms with Gasteiger partial charge in [-0.3, -0.25) is 4.79 Å². The maximum absolute atomic E-state index is 12.9. The zero-order valence-corrected chi connectivity index (χ0v) is 20.1. The minimum absolute atomic E-state index is 0.220. The number of nitrogens with zero attached hydrogens (tertiary/aromatic N) is 1. The van der Waals surface area contributed by atoms with Gasteiger partial charge in [0.1, 0.15) is 10.6 Å². The summed E-state index contributed by atoms with van der Waals surface area (Å²) < 4.78 is 6.58. The van der Waals surface area contributed by atoms with Crippen LogP contribution in [0.5, 0.6) is 0 Å². The number of fused-ring (bicyclic) bond motifs is 2. The van der Waals surface area contributed by atoms with E-state index in [0.29, 0.717) is 22.3 Å². The fourth-order valence-corrected chi connectivity index (χ4v) is 5.15. The summed E-state index contributed by atoms with van der Waals surface area (Å²) in [5.41, 5.74) is 5.49. The molecule has 0 aliphatic carbocycles. The third-order valence-corrected chi connectivity index (χ3v) is 7.20. The Morgan fingerprint density at radius 3 is 2.42 bits per heavy atom. The highest BCUT2D eigenvalue weighted by atomic mass is 32.1. The molecule has 0 radical (unpaired) electrons. The predicted molar refractivity (Wildman–Crippen MR) is 146 cm³/mol. The molecule has 2 aromatic heterocycles. The molecule has 0 atom stereocenters. The topological polar surface area (TPSA) is 72.2 Å². The Morgan fingerprint density at radius 2 is 1.61 bits per heavy atom. The number of anilines is 1. The van der Waals surface area contributed by atoms with Crippen molar-refractivity contribution in [2.75, 3.05) is 5.32 Å². The Kier molecular flexibility index (Phi) is 5.43. The average Bonchev–Trinajstić information content (AvgIpc) is 3.34. The van der Waals surface area contributed by atoms with E-state index in [1.165, 1.54) is 0 Å². The van der Waals surface area contributed by atoms with Gasteiger partial charge in [-0.2, -0.15) is 0 Å². The number of aryl methyl sites for hydroxylation is 1. The number of nitrogens with one attached hydrogen (secondary N) is 1. The highest BCUT2D eigenvalue weighted by Gasteiger charge is 2.13. The van der Waals surface area contributed by atoms with E-state index < -0.39 is 5.63 Å². The molecule has 0 saturated heterocycles. The Balaban J connectivity index is 1.22. The normalized spacial score (nSPS) is 11.1. The van der Waals surface area contributed by atoms with Gasteiger partial charge in [-0.15, -0.1) is 11.3 Å². The number of carbonyl (C=O) groups excluding carboxylic acids is 1. The molecule has 0 aliphatic rings. The van der Waals surface area contributed by atoms with Gasteiger partial charge in [0.25, 0.3) is 5.91 Å². The van der Waals surface area contributed by atoms with Crippen molar-refractivity contribution in [1.29, 1.82) is 0 Å². The molecule has 174 valence electrons. The number of thiazole rings is 1. The van der Waals surface area contributed by atoms with E-state index in [4.69, 9.17) is 9.40 Å². The first kappa shape index (κ1) is 21.9. The second kappa shape index (κ2) is 8.91. The molecule has 0 aliphatic heterocycles.